The van der Waals surface area contributed by atoms with Gasteiger partial charge in [0.2, 0.25) is 10.0 Å². The third-order valence-electron chi connectivity index (χ3n) is 5.08. The summed E-state index contributed by atoms with van der Waals surface area (Å²) in [5.41, 5.74) is 6.68. The second-order valence-electron chi connectivity index (χ2n) is 7.16. The largest absolute Gasteiger partial charge is 0.481 e. The molecule has 1 atom stereocenters. The Morgan fingerprint density at radius 2 is 1.81 bits per heavy atom. The Morgan fingerprint density at radius 3 is 2.42 bits per heavy atom. The third kappa shape index (κ3) is 5.45. The highest BCUT2D eigenvalue weighted by Gasteiger charge is 2.26. The number of carbonyl (C=O) groups is 2. The summed E-state index contributed by atoms with van der Waals surface area (Å²) in [6.45, 7) is 9.55. The van der Waals surface area contributed by atoms with Crippen molar-refractivity contribution in [2.45, 2.75) is 45.6 Å². The molecular weight excluding hydrogens is 420 g/mol. The van der Waals surface area contributed by atoms with Crippen LogP contribution in [0.25, 0.3) is 0 Å². The average Bonchev–Trinajstić information content (AvgIpc) is 3.12. The van der Waals surface area contributed by atoms with Gasteiger partial charge in [-0.15, -0.1) is 0 Å². The Kier molecular flexibility index (Phi) is 7.85. The van der Waals surface area contributed by atoms with Crippen LogP contribution in [0.5, 0.6) is 5.75 Å². The third-order valence-corrected chi connectivity index (χ3v) is 7.10. The number of amides is 2. The molecule has 2 N–H and O–H groups in total. The van der Waals surface area contributed by atoms with Gasteiger partial charge in [0.25, 0.3) is 11.8 Å². The maximum Gasteiger partial charge on any atom is 0.286 e. The minimum absolute atomic E-state index is 0.0156. The molecule has 2 amide bonds. The summed E-state index contributed by atoms with van der Waals surface area (Å²) in [7, 11) is -2.14. The number of benzene rings is 1. The molecule has 9 nitrogen and oxygen atoms in total. The molecule has 1 unspecified atom stereocenters. The maximum absolute atomic E-state index is 12.7. The quantitative estimate of drug-likeness (QED) is 0.597. The standard InChI is InChI=1S/C21H30N4O5S/c1-7-25(8-2)31(28,29)17-12-18(24(6)13-17)21(27)23-22-20(26)16(5)30-19-11-9-10-14(3)15(19)4/h9-13,16H,7-8H2,1-6H3,(H,22,26)(H,23,27). The molecule has 1 heterocycles. The van der Waals surface area contributed by atoms with Crippen molar-refractivity contribution in [3.8, 4) is 5.75 Å². The Bertz CT molecular complexity index is 1060. The highest BCUT2D eigenvalue weighted by molar-refractivity contribution is 7.89. The zero-order valence-corrected chi connectivity index (χ0v) is 19.5. The SMILES string of the molecule is CCN(CC)S(=O)(=O)c1cc(C(=O)NNC(=O)C(C)Oc2cccc(C)c2C)n(C)c1. The molecular formula is C21H30N4O5S. The van der Waals surface area contributed by atoms with Crippen LogP contribution >= 0.6 is 0 Å². The normalized spacial score (nSPS) is 12.5. The highest BCUT2D eigenvalue weighted by atomic mass is 32.2. The molecule has 170 valence electrons. The van der Waals surface area contributed by atoms with E-state index in [0.717, 1.165) is 11.1 Å². The van der Waals surface area contributed by atoms with E-state index >= 15 is 0 Å². The lowest BCUT2D eigenvalue weighted by Gasteiger charge is -2.17. The Balaban J connectivity index is 2.05. The molecule has 0 bridgehead atoms. The molecule has 0 radical (unpaired) electrons. The lowest BCUT2D eigenvalue weighted by Crippen LogP contribution is -2.47. The lowest BCUT2D eigenvalue weighted by molar-refractivity contribution is -0.128. The van der Waals surface area contributed by atoms with E-state index in [0.29, 0.717) is 18.8 Å². The van der Waals surface area contributed by atoms with Crippen molar-refractivity contribution in [3.63, 3.8) is 0 Å². The van der Waals surface area contributed by atoms with Gasteiger partial charge in [0, 0.05) is 26.3 Å². The van der Waals surface area contributed by atoms with Gasteiger partial charge in [0.05, 0.1) is 0 Å². The number of carbonyl (C=O) groups excluding carboxylic acids is 2. The van der Waals surface area contributed by atoms with Crippen molar-refractivity contribution >= 4 is 21.8 Å². The van der Waals surface area contributed by atoms with Crippen LogP contribution in [0, 0.1) is 13.8 Å². The van der Waals surface area contributed by atoms with E-state index in [2.05, 4.69) is 10.9 Å². The van der Waals surface area contributed by atoms with E-state index in [-0.39, 0.29) is 10.6 Å². The molecule has 2 aromatic rings. The second-order valence-corrected chi connectivity index (χ2v) is 9.10. The first-order valence-electron chi connectivity index (χ1n) is 10.0. The fraction of sp³-hybridized carbons (Fsp3) is 0.429. The van der Waals surface area contributed by atoms with Crippen LogP contribution in [0.2, 0.25) is 0 Å². The Hall–Kier alpha value is -2.85. The molecule has 0 fully saturated rings. The lowest BCUT2D eigenvalue weighted by atomic mass is 10.1. The molecule has 31 heavy (non-hydrogen) atoms. The van der Waals surface area contributed by atoms with Crippen molar-refractivity contribution < 1.29 is 22.7 Å². The number of hydrogen-bond acceptors (Lipinski definition) is 5. The Labute approximate surface area is 183 Å². The summed E-state index contributed by atoms with van der Waals surface area (Å²) in [5.74, 6) is -0.599. The molecule has 0 saturated carbocycles. The summed E-state index contributed by atoms with van der Waals surface area (Å²) in [5, 5.41) is 0. The van der Waals surface area contributed by atoms with Gasteiger partial charge in [-0.3, -0.25) is 20.4 Å². The van der Waals surface area contributed by atoms with E-state index in [1.54, 1.807) is 33.9 Å². The minimum atomic E-state index is -3.70. The van der Waals surface area contributed by atoms with Crippen molar-refractivity contribution in [1.29, 1.82) is 0 Å². The van der Waals surface area contributed by atoms with Crippen LogP contribution in [-0.4, -0.2) is 48.3 Å². The summed E-state index contributed by atoms with van der Waals surface area (Å²) in [6, 6.07) is 6.84. The fourth-order valence-corrected chi connectivity index (χ4v) is 4.52. The van der Waals surface area contributed by atoms with Gasteiger partial charge >= 0.3 is 0 Å². The molecule has 1 aromatic carbocycles. The van der Waals surface area contributed by atoms with Crippen LogP contribution in [0.3, 0.4) is 0 Å². The smallest absolute Gasteiger partial charge is 0.286 e. The Morgan fingerprint density at radius 1 is 1.16 bits per heavy atom. The predicted octanol–water partition coefficient (Wildman–Crippen LogP) is 1.90. The van der Waals surface area contributed by atoms with Gasteiger partial charge in [-0.2, -0.15) is 4.31 Å². The fourth-order valence-electron chi connectivity index (χ4n) is 2.99. The molecule has 10 heteroatoms. The van der Waals surface area contributed by atoms with Gasteiger partial charge in [0.1, 0.15) is 16.3 Å². The van der Waals surface area contributed by atoms with Crippen LogP contribution in [0.4, 0.5) is 0 Å². The van der Waals surface area contributed by atoms with Crippen molar-refractivity contribution in [2.75, 3.05) is 13.1 Å². The summed E-state index contributed by atoms with van der Waals surface area (Å²) in [4.78, 5) is 24.9. The van der Waals surface area contributed by atoms with Crippen molar-refractivity contribution in [3.05, 3.63) is 47.3 Å². The summed E-state index contributed by atoms with van der Waals surface area (Å²) < 4.78 is 33.7. The van der Waals surface area contributed by atoms with Gasteiger partial charge in [-0.25, -0.2) is 8.42 Å². The number of hydrogen-bond donors (Lipinski definition) is 2. The van der Waals surface area contributed by atoms with Crippen LogP contribution < -0.4 is 15.6 Å². The van der Waals surface area contributed by atoms with Gasteiger partial charge < -0.3 is 9.30 Å². The number of aryl methyl sites for hydroxylation is 2. The number of nitrogens with zero attached hydrogens (tertiary/aromatic N) is 2. The molecule has 0 saturated heterocycles. The maximum atomic E-state index is 12.7. The summed E-state index contributed by atoms with van der Waals surface area (Å²) >= 11 is 0. The van der Waals surface area contributed by atoms with Gasteiger partial charge in [0.15, 0.2) is 6.10 Å². The minimum Gasteiger partial charge on any atom is -0.481 e. The molecule has 1 aromatic heterocycles. The van der Waals surface area contributed by atoms with E-state index in [9.17, 15) is 18.0 Å². The number of ether oxygens (including phenoxy) is 1. The molecule has 0 aliphatic heterocycles. The van der Waals surface area contributed by atoms with Crippen molar-refractivity contribution in [1.82, 2.24) is 19.7 Å². The second kappa shape index (κ2) is 9.97. The van der Waals surface area contributed by atoms with E-state index in [1.165, 1.54) is 21.1 Å². The number of nitrogens with one attached hydrogen (secondary N) is 2. The zero-order valence-electron chi connectivity index (χ0n) is 18.7. The number of rotatable bonds is 8. The highest BCUT2D eigenvalue weighted by Crippen LogP contribution is 2.22. The van der Waals surface area contributed by atoms with E-state index in [1.807, 2.05) is 26.0 Å². The molecule has 0 aliphatic rings. The van der Waals surface area contributed by atoms with Crippen LogP contribution in [-0.2, 0) is 21.9 Å². The summed E-state index contributed by atoms with van der Waals surface area (Å²) in [6.07, 6.45) is 0.518. The number of aromatic nitrogens is 1. The van der Waals surface area contributed by atoms with Gasteiger partial charge in [-0.05, 0) is 44.0 Å². The monoisotopic (exact) mass is 450 g/mol. The topological polar surface area (TPSA) is 110 Å². The van der Waals surface area contributed by atoms with E-state index < -0.39 is 27.9 Å². The van der Waals surface area contributed by atoms with E-state index in [4.69, 9.17) is 4.74 Å². The predicted molar refractivity (Wildman–Crippen MR) is 117 cm³/mol. The zero-order chi connectivity index (χ0) is 23.3. The number of hydrazine groups is 1. The van der Waals surface area contributed by atoms with Crippen molar-refractivity contribution in [2.24, 2.45) is 7.05 Å². The molecule has 0 aliphatic carbocycles. The average molecular weight is 451 g/mol. The van der Waals surface area contributed by atoms with Gasteiger partial charge in [-0.1, -0.05) is 26.0 Å². The molecule has 2 rings (SSSR count). The van der Waals surface area contributed by atoms with Crippen LogP contribution in [0.1, 0.15) is 42.4 Å². The first-order chi connectivity index (χ1) is 14.5. The first kappa shape index (κ1) is 24.4. The number of sulfonamides is 1. The molecule has 0 spiro atoms. The first-order valence-corrected chi connectivity index (χ1v) is 11.5. The van der Waals surface area contributed by atoms with Crippen LogP contribution in [0.15, 0.2) is 35.4 Å².